The van der Waals surface area contributed by atoms with E-state index in [1.54, 1.807) is 27.9 Å². The molecule has 33 heavy (non-hydrogen) atoms. The first-order chi connectivity index (χ1) is 16.0. The van der Waals surface area contributed by atoms with Gasteiger partial charge in [-0.15, -0.1) is 0 Å². The van der Waals surface area contributed by atoms with Crippen LogP contribution in [-0.4, -0.2) is 33.8 Å². The van der Waals surface area contributed by atoms with Crippen molar-refractivity contribution in [2.24, 2.45) is 0 Å². The number of benzene rings is 1. The number of halogens is 2. The monoisotopic (exact) mass is 451 g/mol. The number of carbonyl (C=O) groups excluding carboxylic acids is 1. The molecule has 0 aliphatic carbocycles. The molecule has 0 bridgehead atoms. The number of aromatic nitrogens is 3. The van der Waals surface area contributed by atoms with Crippen molar-refractivity contribution in [2.75, 3.05) is 16.4 Å². The van der Waals surface area contributed by atoms with Crippen LogP contribution in [-0.2, 0) is 6.54 Å². The fourth-order valence-electron chi connectivity index (χ4n) is 3.74. The number of urea groups is 1. The fourth-order valence-corrected chi connectivity index (χ4v) is 3.74. The number of carbonyl (C=O) groups is 1. The second-order valence-corrected chi connectivity index (χ2v) is 7.23. The molecule has 4 aromatic rings. The minimum atomic E-state index is -2.93. The van der Waals surface area contributed by atoms with E-state index in [4.69, 9.17) is 4.74 Å². The number of ether oxygens (including phenoxy) is 2. The Morgan fingerprint density at radius 3 is 2.64 bits per heavy atom. The maximum absolute atomic E-state index is 13.7. The molecule has 1 aliphatic heterocycles. The van der Waals surface area contributed by atoms with E-state index >= 15 is 0 Å². The van der Waals surface area contributed by atoms with Crippen molar-refractivity contribution in [1.82, 2.24) is 14.6 Å². The van der Waals surface area contributed by atoms with E-state index in [0.717, 1.165) is 11.1 Å². The first-order valence-corrected chi connectivity index (χ1v) is 10.3. The van der Waals surface area contributed by atoms with Gasteiger partial charge < -0.3 is 9.47 Å². The van der Waals surface area contributed by atoms with Crippen molar-refractivity contribution in [2.45, 2.75) is 20.1 Å². The second kappa shape index (κ2) is 8.38. The number of anilines is 3. The molecule has 8 nitrogen and oxygen atoms in total. The van der Waals surface area contributed by atoms with Crippen molar-refractivity contribution >= 4 is 28.7 Å². The SMILES string of the molecule is CCOc1ccc2c(n1)N(c1ccc(OC(F)F)cc1)C(=O)N(c1ccn3nccc3c1)C2. The van der Waals surface area contributed by atoms with Gasteiger partial charge in [0, 0.05) is 29.7 Å². The largest absolute Gasteiger partial charge is 0.478 e. The Morgan fingerprint density at radius 1 is 1.06 bits per heavy atom. The lowest BCUT2D eigenvalue weighted by molar-refractivity contribution is -0.0498. The zero-order valence-corrected chi connectivity index (χ0v) is 17.6. The summed E-state index contributed by atoms with van der Waals surface area (Å²) in [6.07, 6.45) is 3.46. The summed E-state index contributed by atoms with van der Waals surface area (Å²) in [5, 5.41) is 4.19. The Labute approximate surface area is 187 Å². The van der Waals surface area contributed by atoms with E-state index in [2.05, 4.69) is 14.8 Å². The molecule has 1 aromatic carbocycles. The lowest BCUT2D eigenvalue weighted by atomic mass is 10.1. The molecule has 168 valence electrons. The molecular formula is C23H19F2N5O3. The van der Waals surface area contributed by atoms with Crippen LogP contribution in [0.4, 0.5) is 30.8 Å². The van der Waals surface area contributed by atoms with Gasteiger partial charge in [-0.05, 0) is 55.5 Å². The van der Waals surface area contributed by atoms with Crippen LogP contribution < -0.4 is 19.3 Å². The molecule has 1 aliphatic rings. The number of hydrogen-bond donors (Lipinski definition) is 0. The summed E-state index contributed by atoms with van der Waals surface area (Å²) in [5.74, 6) is 0.813. The van der Waals surface area contributed by atoms with Gasteiger partial charge in [0.05, 0.1) is 24.4 Å². The molecule has 0 fully saturated rings. The zero-order chi connectivity index (χ0) is 22.9. The van der Waals surface area contributed by atoms with Gasteiger partial charge in [-0.25, -0.2) is 14.2 Å². The lowest BCUT2D eigenvalue weighted by Crippen LogP contribution is -2.45. The highest BCUT2D eigenvalue weighted by atomic mass is 19.3. The highest BCUT2D eigenvalue weighted by Gasteiger charge is 2.34. The molecule has 0 atom stereocenters. The predicted octanol–water partition coefficient (Wildman–Crippen LogP) is 5.01. The van der Waals surface area contributed by atoms with Crippen LogP contribution in [0.1, 0.15) is 12.5 Å². The van der Waals surface area contributed by atoms with Gasteiger partial charge in [0.25, 0.3) is 0 Å². The molecular weight excluding hydrogens is 432 g/mol. The number of rotatable bonds is 6. The maximum Gasteiger partial charge on any atom is 0.387 e. The van der Waals surface area contributed by atoms with Crippen LogP contribution in [0.3, 0.4) is 0 Å². The molecule has 0 N–H and O–H groups in total. The molecule has 3 aromatic heterocycles. The van der Waals surface area contributed by atoms with Gasteiger partial charge in [0.1, 0.15) is 11.6 Å². The highest BCUT2D eigenvalue weighted by molar-refractivity contribution is 6.10. The van der Waals surface area contributed by atoms with Crippen LogP contribution in [0.15, 0.2) is 67.0 Å². The summed E-state index contributed by atoms with van der Waals surface area (Å²) in [7, 11) is 0. The quantitative estimate of drug-likeness (QED) is 0.412. The average molecular weight is 451 g/mol. The van der Waals surface area contributed by atoms with Crippen molar-refractivity contribution in [3.8, 4) is 11.6 Å². The summed E-state index contributed by atoms with van der Waals surface area (Å²) in [5.41, 5.74) is 2.80. The van der Waals surface area contributed by atoms with E-state index in [1.807, 2.05) is 31.2 Å². The Bertz CT molecular complexity index is 1310. The summed E-state index contributed by atoms with van der Waals surface area (Å²) in [6, 6.07) is 14.7. The van der Waals surface area contributed by atoms with Gasteiger partial charge in [-0.1, -0.05) is 0 Å². The first kappa shape index (κ1) is 20.7. The fraction of sp³-hybridized carbons (Fsp3) is 0.174. The highest BCUT2D eigenvalue weighted by Crippen LogP contribution is 2.37. The van der Waals surface area contributed by atoms with E-state index in [-0.39, 0.29) is 11.8 Å². The maximum atomic E-state index is 13.7. The van der Waals surface area contributed by atoms with Crippen LogP contribution >= 0.6 is 0 Å². The number of fused-ring (bicyclic) bond motifs is 2. The Balaban J connectivity index is 1.58. The normalized spacial score (nSPS) is 13.5. The van der Waals surface area contributed by atoms with E-state index in [9.17, 15) is 13.6 Å². The van der Waals surface area contributed by atoms with Gasteiger partial charge in [-0.2, -0.15) is 18.9 Å². The molecule has 0 saturated heterocycles. The lowest BCUT2D eigenvalue weighted by Gasteiger charge is -2.36. The molecule has 10 heteroatoms. The summed E-state index contributed by atoms with van der Waals surface area (Å²) < 4.78 is 36.8. The number of amides is 2. The Hall–Kier alpha value is -4.21. The number of hydrogen-bond acceptors (Lipinski definition) is 5. The van der Waals surface area contributed by atoms with Gasteiger partial charge in [0.2, 0.25) is 5.88 Å². The zero-order valence-electron chi connectivity index (χ0n) is 17.6. The second-order valence-electron chi connectivity index (χ2n) is 7.23. The summed E-state index contributed by atoms with van der Waals surface area (Å²) in [6.45, 7) is -0.352. The van der Waals surface area contributed by atoms with Gasteiger partial charge >= 0.3 is 12.6 Å². The van der Waals surface area contributed by atoms with Crippen molar-refractivity contribution in [3.63, 3.8) is 0 Å². The Morgan fingerprint density at radius 2 is 1.88 bits per heavy atom. The molecule has 5 rings (SSSR count). The molecule has 0 saturated carbocycles. The third kappa shape index (κ3) is 3.91. The van der Waals surface area contributed by atoms with Crippen molar-refractivity contribution < 1.29 is 23.0 Å². The topological polar surface area (TPSA) is 72.2 Å². The molecule has 0 radical (unpaired) electrons. The summed E-state index contributed by atoms with van der Waals surface area (Å²) in [4.78, 5) is 21.3. The molecule has 4 heterocycles. The van der Waals surface area contributed by atoms with Crippen LogP contribution in [0.5, 0.6) is 11.6 Å². The first-order valence-electron chi connectivity index (χ1n) is 10.3. The molecule has 2 amide bonds. The Kier molecular flexibility index (Phi) is 5.25. The minimum absolute atomic E-state index is 0.00232. The van der Waals surface area contributed by atoms with Crippen LogP contribution in [0, 0.1) is 0 Å². The molecule has 0 spiro atoms. The van der Waals surface area contributed by atoms with Crippen LogP contribution in [0.25, 0.3) is 5.52 Å². The van der Waals surface area contributed by atoms with Gasteiger partial charge in [0.15, 0.2) is 0 Å². The number of alkyl halides is 2. The van der Waals surface area contributed by atoms with E-state index < -0.39 is 6.61 Å². The third-order valence-electron chi connectivity index (χ3n) is 5.20. The van der Waals surface area contributed by atoms with E-state index in [0.29, 0.717) is 36.2 Å². The van der Waals surface area contributed by atoms with Crippen molar-refractivity contribution in [3.05, 3.63) is 72.6 Å². The molecule has 0 unspecified atom stereocenters. The third-order valence-corrected chi connectivity index (χ3v) is 5.20. The smallest absolute Gasteiger partial charge is 0.387 e. The van der Waals surface area contributed by atoms with E-state index in [1.165, 1.54) is 29.2 Å². The summed E-state index contributed by atoms with van der Waals surface area (Å²) >= 11 is 0. The van der Waals surface area contributed by atoms with Crippen molar-refractivity contribution in [1.29, 1.82) is 0 Å². The number of pyridine rings is 2. The standard InChI is InChI=1S/C23H19F2N5O3/c1-2-32-20-8-3-15-14-28(17-10-12-29-18(13-17)9-11-26-29)23(31)30(21(15)27-20)16-4-6-19(7-5-16)33-22(24)25/h3-13,22H,2,14H2,1H3. The van der Waals surface area contributed by atoms with Gasteiger partial charge in [-0.3, -0.25) is 4.90 Å². The number of nitrogens with zero attached hydrogens (tertiary/aromatic N) is 5. The predicted molar refractivity (Wildman–Crippen MR) is 117 cm³/mol. The minimum Gasteiger partial charge on any atom is -0.478 e. The van der Waals surface area contributed by atoms with Crippen LogP contribution in [0.2, 0.25) is 0 Å². The average Bonchev–Trinajstić information content (AvgIpc) is 3.27.